The Labute approximate surface area is 124 Å². The molecule has 0 spiro atoms. The van der Waals surface area contributed by atoms with E-state index in [1.165, 1.54) is 5.56 Å². The number of carbonyl (C=O) groups excluding carboxylic acids is 1. The van der Waals surface area contributed by atoms with Gasteiger partial charge in [-0.05, 0) is 24.6 Å². The van der Waals surface area contributed by atoms with E-state index in [-0.39, 0.29) is 5.91 Å². The van der Waals surface area contributed by atoms with E-state index >= 15 is 0 Å². The standard InChI is InChI=1S/C16H17ClN2O/c1-11-6-8-12(9-7-11)10-19(2)16(20)15-13(17)4-3-5-14(15)18/h3-9H,10,18H2,1-2H3. The van der Waals surface area contributed by atoms with E-state index < -0.39 is 0 Å². The topological polar surface area (TPSA) is 46.3 Å². The molecule has 2 aromatic rings. The molecule has 0 saturated heterocycles. The zero-order valence-electron chi connectivity index (χ0n) is 11.6. The van der Waals surface area contributed by atoms with Crippen LogP contribution in [-0.4, -0.2) is 17.9 Å². The summed E-state index contributed by atoms with van der Waals surface area (Å²) in [5.41, 5.74) is 8.87. The van der Waals surface area contributed by atoms with Gasteiger partial charge in [0.15, 0.2) is 0 Å². The number of hydrogen-bond donors (Lipinski definition) is 1. The number of nitrogen functional groups attached to an aromatic ring is 1. The monoisotopic (exact) mass is 288 g/mol. The van der Waals surface area contributed by atoms with E-state index in [1.54, 1.807) is 30.1 Å². The summed E-state index contributed by atoms with van der Waals surface area (Å²) in [6.07, 6.45) is 0. The maximum Gasteiger partial charge on any atom is 0.257 e. The van der Waals surface area contributed by atoms with Gasteiger partial charge in [-0.2, -0.15) is 0 Å². The fraction of sp³-hybridized carbons (Fsp3) is 0.188. The first-order valence-corrected chi connectivity index (χ1v) is 6.72. The first-order chi connectivity index (χ1) is 9.49. The second-order valence-corrected chi connectivity index (χ2v) is 5.26. The molecule has 4 heteroatoms. The lowest BCUT2D eigenvalue weighted by atomic mass is 10.1. The highest BCUT2D eigenvalue weighted by Gasteiger charge is 2.18. The van der Waals surface area contributed by atoms with Crippen molar-refractivity contribution < 1.29 is 4.79 Å². The van der Waals surface area contributed by atoms with Crippen molar-refractivity contribution in [3.63, 3.8) is 0 Å². The van der Waals surface area contributed by atoms with Gasteiger partial charge in [-0.1, -0.05) is 47.5 Å². The van der Waals surface area contributed by atoms with Crippen LogP contribution in [-0.2, 0) is 6.54 Å². The van der Waals surface area contributed by atoms with Crippen molar-refractivity contribution in [3.05, 3.63) is 64.2 Å². The summed E-state index contributed by atoms with van der Waals surface area (Å²) in [6, 6.07) is 13.2. The van der Waals surface area contributed by atoms with Crippen molar-refractivity contribution in [2.45, 2.75) is 13.5 Å². The van der Waals surface area contributed by atoms with Crippen LogP contribution in [0.1, 0.15) is 21.5 Å². The molecule has 0 heterocycles. The van der Waals surface area contributed by atoms with Crippen LogP contribution >= 0.6 is 11.6 Å². The maximum absolute atomic E-state index is 12.4. The molecule has 2 rings (SSSR count). The minimum Gasteiger partial charge on any atom is -0.398 e. The highest BCUT2D eigenvalue weighted by atomic mass is 35.5. The summed E-state index contributed by atoms with van der Waals surface area (Å²) in [6.45, 7) is 2.55. The van der Waals surface area contributed by atoms with Gasteiger partial charge in [0.05, 0.1) is 10.6 Å². The Kier molecular flexibility index (Phi) is 4.30. The van der Waals surface area contributed by atoms with Crippen molar-refractivity contribution in [3.8, 4) is 0 Å². The fourth-order valence-corrected chi connectivity index (χ4v) is 2.26. The van der Waals surface area contributed by atoms with E-state index in [1.807, 2.05) is 31.2 Å². The molecule has 0 aliphatic heterocycles. The van der Waals surface area contributed by atoms with Gasteiger partial charge in [0.25, 0.3) is 5.91 Å². The summed E-state index contributed by atoms with van der Waals surface area (Å²) >= 11 is 6.06. The van der Waals surface area contributed by atoms with Gasteiger partial charge < -0.3 is 10.6 Å². The van der Waals surface area contributed by atoms with Gasteiger partial charge >= 0.3 is 0 Å². The highest BCUT2D eigenvalue weighted by Crippen LogP contribution is 2.23. The molecule has 0 aliphatic rings. The minimum atomic E-state index is -0.173. The van der Waals surface area contributed by atoms with Gasteiger partial charge in [-0.15, -0.1) is 0 Å². The average molecular weight is 289 g/mol. The Morgan fingerprint density at radius 1 is 1.20 bits per heavy atom. The van der Waals surface area contributed by atoms with Crippen LogP contribution in [0.5, 0.6) is 0 Å². The maximum atomic E-state index is 12.4. The van der Waals surface area contributed by atoms with Crippen molar-refractivity contribution in [1.82, 2.24) is 4.90 Å². The van der Waals surface area contributed by atoms with Crippen molar-refractivity contribution >= 4 is 23.2 Å². The van der Waals surface area contributed by atoms with Crippen molar-refractivity contribution in [1.29, 1.82) is 0 Å². The Morgan fingerprint density at radius 2 is 1.85 bits per heavy atom. The highest BCUT2D eigenvalue weighted by molar-refractivity contribution is 6.34. The zero-order chi connectivity index (χ0) is 14.7. The molecule has 0 radical (unpaired) electrons. The normalized spacial score (nSPS) is 10.3. The number of rotatable bonds is 3. The Bertz CT molecular complexity index is 603. The molecular formula is C16H17ClN2O. The van der Waals surface area contributed by atoms with Crippen LogP contribution in [0.25, 0.3) is 0 Å². The number of carbonyl (C=O) groups is 1. The third kappa shape index (κ3) is 3.11. The van der Waals surface area contributed by atoms with Crippen LogP contribution in [0.2, 0.25) is 5.02 Å². The number of hydrogen-bond acceptors (Lipinski definition) is 2. The van der Waals surface area contributed by atoms with Crippen LogP contribution < -0.4 is 5.73 Å². The van der Waals surface area contributed by atoms with Gasteiger partial charge in [0.1, 0.15) is 0 Å². The lowest BCUT2D eigenvalue weighted by Gasteiger charge is -2.19. The molecule has 2 N–H and O–H groups in total. The second kappa shape index (κ2) is 5.97. The molecule has 104 valence electrons. The van der Waals surface area contributed by atoms with Crippen molar-refractivity contribution in [2.75, 3.05) is 12.8 Å². The second-order valence-electron chi connectivity index (χ2n) is 4.85. The van der Waals surface area contributed by atoms with Gasteiger partial charge in [0, 0.05) is 19.3 Å². The van der Waals surface area contributed by atoms with Crippen LogP contribution in [0.4, 0.5) is 5.69 Å². The number of aryl methyl sites for hydroxylation is 1. The quantitative estimate of drug-likeness (QED) is 0.879. The molecular weight excluding hydrogens is 272 g/mol. The largest absolute Gasteiger partial charge is 0.398 e. The Morgan fingerprint density at radius 3 is 2.45 bits per heavy atom. The molecule has 0 bridgehead atoms. The van der Waals surface area contributed by atoms with Crippen molar-refractivity contribution in [2.24, 2.45) is 0 Å². The SMILES string of the molecule is Cc1ccc(CN(C)C(=O)c2c(N)cccc2Cl)cc1. The van der Waals surface area contributed by atoms with E-state index in [9.17, 15) is 4.79 Å². The van der Waals surface area contributed by atoms with Crippen LogP contribution in [0.3, 0.4) is 0 Å². The predicted octanol–water partition coefficient (Wildman–Crippen LogP) is 3.50. The number of amides is 1. The molecule has 0 saturated carbocycles. The van der Waals surface area contributed by atoms with Gasteiger partial charge in [-0.25, -0.2) is 0 Å². The lowest BCUT2D eigenvalue weighted by Crippen LogP contribution is -2.27. The average Bonchev–Trinajstić information content (AvgIpc) is 2.41. The first-order valence-electron chi connectivity index (χ1n) is 6.34. The predicted molar refractivity (Wildman–Crippen MR) is 82.8 cm³/mol. The fourth-order valence-electron chi connectivity index (χ4n) is 2.00. The summed E-state index contributed by atoms with van der Waals surface area (Å²) in [5, 5.41) is 0.380. The molecule has 0 aliphatic carbocycles. The smallest absolute Gasteiger partial charge is 0.257 e. The number of halogens is 1. The summed E-state index contributed by atoms with van der Waals surface area (Å²) in [7, 11) is 1.74. The molecule has 0 unspecified atom stereocenters. The summed E-state index contributed by atoms with van der Waals surface area (Å²) in [5.74, 6) is -0.173. The van der Waals surface area contributed by atoms with Gasteiger partial charge in [0.2, 0.25) is 0 Å². The number of nitrogens with two attached hydrogens (primary N) is 1. The summed E-state index contributed by atoms with van der Waals surface area (Å²) < 4.78 is 0. The van der Waals surface area contributed by atoms with Crippen LogP contribution in [0.15, 0.2) is 42.5 Å². The summed E-state index contributed by atoms with van der Waals surface area (Å²) in [4.78, 5) is 14.0. The first kappa shape index (κ1) is 14.4. The van der Waals surface area contributed by atoms with E-state index in [2.05, 4.69) is 0 Å². The third-order valence-electron chi connectivity index (χ3n) is 3.15. The number of nitrogens with zero attached hydrogens (tertiary/aromatic N) is 1. The molecule has 0 atom stereocenters. The van der Waals surface area contributed by atoms with E-state index in [4.69, 9.17) is 17.3 Å². The third-order valence-corrected chi connectivity index (χ3v) is 3.46. The Hall–Kier alpha value is -2.00. The van der Waals surface area contributed by atoms with Gasteiger partial charge in [-0.3, -0.25) is 4.79 Å². The minimum absolute atomic E-state index is 0.173. The molecule has 0 fully saturated rings. The molecule has 2 aromatic carbocycles. The molecule has 1 amide bonds. The Balaban J connectivity index is 2.18. The molecule has 0 aromatic heterocycles. The van der Waals surface area contributed by atoms with E-state index in [0.717, 1.165) is 5.56 Å². The van der Waals surface area contributed by atoms with E-state index in [0.29, 0.717) is 22.8 Å². The number of benzene rings is 2. The zero-order valence-corrected chi connectivity index (χ0v) is 12.3. The van der Waals surface area contributed by atoms with Crippen LogP contribution in [0, 0.1) is 6.92 Å². The number of anilines is 1. The molecule has 3 nitrogen and oxygen atoms in total. The lowest BCUT2D eigenvalue weighted by molar-refractivity contribution is 0.0786. The molecule has 20 heavy (non-hydrogen) atoms.